The number of nitrogens with one attached hydrogen (secondary N) is 2. The molecular weight excluding hydrogens is 435 g/mol. The van der Waals surface area contributed by atoms with Gasteiger partial charge in [-0.3, -0.25) is 14.4 Å². The van der Waals surface area contributed by atoms with Gasteiger partial charge in [-0.25, -0.2) is 0 Å². The zero-order valence-corrected chi connectivity index (χ0v) is 18.7. The molecule has 0 bridgehead atoms. The number of fused-ring (bicyclic) bond motifs is 1. The van der Waals surface area contributed by atoms with Crippen molar-refractivity contribution in [2.24, 2.45) is 7.05 Å². The maximum absolute atomic E-state index is 13.1. The van der Waals surface area contributed by atoms with Crippen LogP contribution in [-0.4, -0.2) is 65.0 Å². The molecule has 1 saturated heterocycles. The summed E-state index contributed by atoms with van der Waals surface area (Å²) in [5, 5.41) is 10.4. The molecule has 0 unspecified atom stereocenters. The molecule has 10 heteroatoms. The predicted octanol–water partition coefficient (Wildman–Crippen LogP) is 3.32. The van der Waals surface area contributed by atoms with Crippen molar-refractivity contribution in [2.45, 2.75) is 50.0 Å². The number of rotatable bonds is 8. The fourth-order valence-corrected chi connectivity index (χ4v) is 4.70. The lowest BCUT2D eigenvalue weighted by Crippen LogP contribution is -2.63. The van der Waals surface area contributed by atoms with Crippen molar-refractivity contribution in [1.29, 1.82) is 0 Å². The Hall–Kier alpha value is -2.59. The summed E-state index contributed by atoms with van der Waals surface area (Å²) in [7, 11) is 1.66. The number of amides is 1. The normalized spacial score (nSPS) is 22.2. The molecule has 2 heterocycles. The van der Waals surface area contributed by atoms with Gasteiger partial charge in [0.15, 0.2) is 5.82 Å². The largest absolute Gasteiger partial charge is 0.416 e. The third-order valence-electron chi connectivity index (χ3n) is 6.48. The Balaban J connectivity index is 1.23. The molecule has 7 nitrogen and oxygen atoms in total. The maximum atomic E-state index is 13.1. The van der Waals surface area contributed by atoms with Gasteiger partial charge in [0.05, 0.1) is 36.4 Å². The van der Waals surface area contributed by atoms with Gasteiger partial charge in [0.1, 0.15) is 0 Å². The molecular formula is C23H30F3N5O2. The van der Waals surface area contributed by atoms with Crippen LogP contribution in [0.3, 0.4) is 0 Å². The lowest BCUT2D eigenvalue weighted by Gasteiger charge is -2.46. The average Bonchev–Trinajstić information content (AvgIpc) is 3.08. The standard InChI is InChI=1S/C23H30F3N5O2/c1-3-10-33-18-7-5-17(6-8-18)31-13-16(14-31)28-21(32)12-27-22-19-11-15(23(24,25)26)4-9-20(19)30(2)29-22/h3-4,9,11,16-18H,1,5-8,10,12-14H2,2H3,(H,27,29)(H,28,32). The van der Waals surface area contributed by atoms with E-state index in [1.165, 1.54) is 10.7 Å². The van der Waals surface area contributed by atoms with E-state index in [9.17, 15) is 18.0 Å². The minimum Gasteiger partial charge on any atom is -0.374 e. The van der Waals surface area contributed by atoms with E-state index in [0.717, 1.165) is 50.9 Å². The molecule has 1 aromatic carbocycles. The number of hydrogen-bond donors (Lipinski definition) is 2. The van der Waals surface area contributed by atoms with Crippen molar-refractivity contribution < 1.29 is 22.7 Å². The van der Waals surface area contributed by atoms with Gasteiger partial charge in [0, 0.05) is 31.6 Å². The second kappa shape index (κ2) is 9.72. The van der Waals surface area contributed by atoms with E-state index in [1.54, 1.807) is 13.1 Å². The SMILES string of the molecule is C=CCOC1CCC(N2CC(NC(=O)CNc3nn(C)c4ccc(C(F)(F)F)cc34)C2)CC1. The number of carbonyl (C=O) groups is 1. The Kier molecular flexibility index (Phi) is 6.94. The second-order valence-corrected chi connectivity index (χ2v) is 8.83. The fourth-order valence-electron chi connectivity index (χ4n) is 4.70. The van der Waals surface area contributed by atoms with Gasteiger partial charge in [-0.05, 0) is 43.9 Å². The van der Waals surface area contributed by atoms with Gasteiger partial charge in [0.25, 0.3) is 0 Å². The van der Waals surface area contributed by atoms with E-state index < -0.39 is 11.7 Å². The van der Waals surface area contributed by atoms with Crippen LogP contribution >= 0.6 is 0 Å². The topological polar surface area (TPSA) is 71.4 Å². The number of ether oxygens (including phenoxy) is 1. The molecule has 2 N–H and O–H groups in total. The minimum absolute atomic E-state index is 0.0510. The monoisotopic (exact) mass is 465 g/mol. The molecule has 1 amide bonds. The van der Waals surface area contributed by atoms with Crippen LogP contribution in [0.15, 0.2) is 30.9 Å². The highest BCUT2D eigenvalue weighted by Gasteiger charge is 2.35. The molecule has 1 saturated carbocycles. The second-order valence-electron chi connectivity index (χ2n) is 8.83. The Morgan fingerprint density at radius 2 is 2.00 bits per heavy atom. The van der Waals surface area contributed by atoms with Crippen LogP contribution < -0.4 is 10.6 Å². The number of likely N-dealkylation sites (tertiary alicyclic amines) is 1. The van der Waals surface area contributed by atoms with Crippen molar-refractivity contribution in [1.82, 2.24) is 20.0 Å². The summed E-state index contributed by atoms with van der Waals surface area (Å²) in [6, 6.07) is 4.10. The Morgan fingerprint density at radius 1 is 1.27 bits per heavy atom. The summed E-state index contributed by atoms with van der Waals surface area (Å²) in [5.74, 6) is 0.0615. The van der Waals surface area contributed by atoms with Gasteiger partial charge in [-0.1, -0.05) is 6.08 Å². The molecule has 2 aliphatic rings. The highest BCUT2D eigenvalue weighted by molar-refractivity contribution is 5.92. The van der Waals surface area contributed by atoms with E-state index in [4.69, 9.17) is 4.74 Å². The van der Waals surface area contributed by atoms with Crippen molar-refractivity contribution in [3.8, 4) is 0 Å². The van der Waals surface area contributed by atoms with Gasteiger partial charge in [-0.15, -0.1) is 6.58 Å². The molecule has 0 spiro atoms. The van der Waals surface area contributed by atoms with Gasteiger partial charge >= 0.3 is 6.18 Å². The van der Waals surface area contributed by atoms with Gasteiger partial charge in [-0.2, -0.15) is 18.3 Å². The summed E-state index contributed by atoms with van der Waals surface area (Å²) in [5.41, 5.74) is -0.184. The quantitative estimate of drug-likeness (QED) is 0.586. The number of carbonyl (C=O) groups excluding carboxylic acids is 1. The molecule has 1 aliphatic heterocycles. The number of alkyl halides is 3. The van der Waals surface area contributed by atoms with Gasteiger partial charge < -0.3 is 15.4 Å². The first-order valence-corrected chi connectivity index (χ1v) is 11.3. The summed E-state index contributed by atoms with van der Waals surface area (Å²) in [6.07, 6.45) is 1.94. The Bertz CT molecular complexity index is 992. The Labute approximate surface area is 190 Å². The van der Waals surface area contributed by atoms with Crippen LogP contribution in [0.25, 0.3) is 10.9 Å². The van der Waals surface area contributed by atoms with E-state index in [1.807, 2.05) is 0 Å². The first-order valence-electron chi connectivity index (χ1n) is 11.3. The summed E-state index contributed by atoms with van der Waals surface area (Å²) in [6.45, 7) is 5.86. The fraction of sp³-hybridized carbons (Fsp3) is 0.565. The van der Waals surface area contributed by atoms with Crippen molar-refractivity contribution in [3.63, 3.8) is 0 Å². The number of aryl methyl sites for hydroxylation is 1. The van der Waals surface area contributed by atoms with E-state index in [-0.39, 0.29) is 24.3 Å². The summed E-state index contributed by atoms with van der Waals surface area (Å²) < 4.78 is 46.4. The van der Waals surface area contributed by atoms with Crippen LogP contribution in [-0.2, 0) is 22.8 Å². The number of nitrogens with zero attached hydrogens (tertiary/aromatic N) is 3. The smallest absolute Gasteiger partial charge is 0.374 e. The molecule has 2 fully saturated rings. The molecule has 1 aliphatic carbocycles. The zero-order valence-electron chi connectivity index (χ0n) is 18.7. The summed E-state index contributed by atoms with van der Waals surface area (Å²) in [4.78, 5) is 14.8. The van der Waals surface area contributed by atoms with Crippen LogP contribution in [0.1, 0.15) is 31.2 Å². The molecule has 33 heavy (non-hydrogen) atoms. The van der Waals surface area contributed by atoms with E-state index in [0.29, 0.717) is 29.7 Å². The third kappa shape index (κ3) is 5.50. The maximum Gasteiger partial charge on any atom is 0.416 e. The molecule has 1 aromatic heterocycles. The lowest BCUT2D eigenvalue weighted by atomic mass is 9.89. The highest BCUT2D eigenvalue weighted by atomic mass is 19.4. The van der Waals surface area contributed by atoms with Crippen molar-refractivity contribution >= 4 is 22.6 Å². The minimum atomic E-state index is -4.44. The third-order valence-corrected chi connectivity index (χ3v) is 6.48. The van der Waals surface area contributed by atoms with E-state index >= 15 is 0 Å². The molecule has 4 rings (SSSR count). The number of benzene rings is 1. The van der Waals surface area contributed by atoms with Crippen LogP contribution in [0.4, 0.5) is 19.0 Å². The molecule has 2 aromatic rings. The van der Waals surface area contributed by atoms with Crippen molar-refractivity contribution in [3.05, 3.63) is 36.4 Å². The zero-order chi connectivity index (χ0) is 23.6. The number of anilines is 1. The van der Waals surface area contributed by atoms with E-state index in [2.05, 4.69) is 27.2 Å². The molecule has 0 radical (unpaired) electrons. The number of halogens is 3. The number of hydrogen-bond acceptors (Lipinski definition) is 5. The number of aromatic nitrogens is 2. The van der Waals surface area contributed by atoms with Gasteiger partial charge in [0.2, 0.25) is 5.91 Å². The predicted molar refractivity (Wildman–Crippen MR) is 120 cm³/mol. The first kappa shape index (κ1) is 23.6. The average molecular weight is 466 g/mol. The first-order chi connectivity index (χ1) is 15.7. The van der Waals surface area contributed by atoms with Crippen molar-refractivity contribution in [2.75, 3.05) is 31.6 Å². The van der Waals surface area contributed by atoms with Crippen LogP contribution in [0.2, 0.25) is 0 Å². The summed E-state index contributed by atoms with van der Waals surface area (Å²) >= 11 is 0. The molecule has 0 atom stereocenters. The van der Waals surface area contributed by atoms with Crippen LogP contribution in [0, 0.1) is 0 Å². The van der Waals surface area contributed by atoms with Crippen LogP contribution in [0.5, 0.6) is 0 Å². The lowest BCUT2D eigenvalue weighted by molar-refractivity contribution is -0.137. The molecule has 180 valence electrons. The Morgan fingerprint density at radius 3 is 2.67 bits per heavy atom. The highest BCUT2D eigenvalue weighted by Crippen LogP contribution is 2.33.